The van der Waals surface area contributed by atoms with Crippen LogP contribution in [0.5, 0.6) is 5.75 Å². The lowest BCUT2D eigenvalue weighted by Gasteiger charge is -2.32. The first-order chi connectivity index (χ1) is 11.7. The Morgan fingerprint density at radius 1 is 1.25 bits per heavy atom. The second kappa shape index (κ2) is 7.49. The third-order valence-corrected chi connectivity index (χ3v) is 4.60. The molecule has 1 saturated heterocycles. The third-order valence-electron chi connectivity index (χ3n) is 4.60. The van der Waals surface area contributed by atoms with Gasteiger partial charge in [0.1, 0.15) is 5.75 Å². The maximum absolute atomic E-state index is 12.8. The van der Waals surface area contributed by atoms with Gasteiger partial charge in [-0.1, -0.05) is 30.3 Å². The fourth-order valence-corrected chi connectivity index (χ4v) is 3.27. The van der Waals surface area contributed by atoms with E-state index in [4.69, 9.17) is 4.74 Å². The summed E-state index contributed by atoms with van der Waals surface area (Å²) < 4.78 is 5.46. The fraction of sp³-hybridized carbons (Fsp3) is 0.350. The van der Waals surface area contributed by atoms with Gasteiger partial charge in [0.25, 0.3) is 5.91 Å². The van der Waals surface area contributed by atoms with Crippen LogP contribution in [-0.2, 0) is 0 Å². The van der Waals surface area contributed by atoms with E-state index >= 15 is 0 Å². The largest absolute Gasteiger partial charge is 0.496 e. The molecule has 0 aliphatic carbocycles. The predicted octanol–water partition coefficient (Wildman–Crippen LogP) is 3.21. The van der Waals surface area contributed by atoms with E-state index in [1.54, 1.807) is 7.11 Å². The summed E-state index contributed by atoms with van der Waals surface area (Å²) >= 11 is 0. The molecule has 1 fully saturated rings. The molecule has 1 amide bonds. The molecule has 0 aromatic heterocycles. The number of nitrogens with zero attached hydrogens (tertiary/aromatic N) is 1. The molecule has 4 heteroatoms. The van der Waals surface area contributed by atoms with Crippen LogP contribution in [-0.4, -0.2) is 42.7 Å². The Balaban J connectivity index is 1.90. The van der Waals surface area contributed by atoms with E-state index in [9.17, 15) is 9.90 Å². The molecular formula is C20H23NO3. The molecule has 4 nitrogen and oxygen atoms in total. The van der Waals surface area contributed by atoms with Crippen molar-refractivity contribution in [3.05, 3.63) is 54.1 Å². The molecule has 0 radical (unpaired) electrons. The number of hydrogen-bond acceptors (Lipinski definition) is 3. The molecule has 126 valence electrons. The molecule has 0 spiro atoms. The van der Waals surface area contributed by atoms with Gasteiger partial charge in [0, 0.05) is 30.8 Å². The Hall–Kier alpha value is -2.33. The molecule has 1 aliphatic heterocycles. The van der Waals surface area contributed by atoms with Gasteiger partial charge in [0.15, 0.2) is 0 Å². The molecule has 1 atom stereocenters. The predicted molar refractivity (Wildman–Crippen MR) is 94.1 cm³/mol. The summed E-state index contributed by atoms with van der Waals surface area (Å²) in [4.78, 5) is 14.7. The van der Waals surface area contributed by atoms with Crippen molar-refractivity contribution < 1.29 is 14.6 Å². The number of rotatable bonds is 4. The summed E-state index contributed by atoms with van der Waals surface area (Å²) in [6.45, 7) is 1.52. The lowest BCUT2D eigenvalue weighted by atomic mass is 9.97. The average Bonchev–Trinajstić information content (AvgIpc) is 2.67. The number of carbonyl (C=O) groups is 1. The number of methoxy groups -OCH3 is 1. The van der Waals surface area contributed by atoms with Crippen LogP contribution in [0.3, 0.4) is 0 Å². The lowest BCUT2D eigenvalue weighted by molar-refractivity contribution is 0.0620. The van der Waals surface area contributed by atoms with Crippen molar-refractivity contribution in [2.24, 2.45) is 5.92 Å². The SMILES string of the molecule is COc1ccc(C(=O)N2CCCC(CO)C2)cc1-c1ccccc1. The zero-order chi connectivity index (χ0) is 16.9. The summed E-state index contributed by atoms with van der Waals surface area (Å²) in [5.41, 5.74) is 2.60. The zero-order valence-corrected chi connectivity index (χ0v) is 13.9. The second-order valence-corrected chi connectivity index (χ2v) is 6.22. The van der Waals surface area contributed by atoms with Gasteiger partial charge in [-0.05, 0) is 42.5 Å². The molecule has 1 unspecified atom stereocenters. The van der Waals surface area contributed by atoms with Gasteiger partial charge < -0.3 is 14.7 Å². The second-order valence-electron chi connectivity index (χ2n) is 6.22. The number of likely N-dealkylation sites (tertiary alicyclic amines) is 1. The number of ether oxygens (including phenoxy) is 1. The van der Waals surface area contributed by atoms with E-state index in [-0.39, 0.29) is 18.4 Å². The minimum absolute atomic E-state index is 0.0213. The standard InChI is InChI=1S/C20H23NO3/c1-24-19-10-9-17(12-18(19)16-7-3-2-4-8-16)20(23)21-11-5-6-15(13-21)14-22/h2-4,7-10,12,15,22H,5-6,11,13-14H2,1H3. The summed E-state index contributed by atoms with van der Waals surface area (Å²) in [7, 11) is 1.64. The first-order valence-electron chi connectivity index (χ1n) is 8.36. The van der Waals surface area contributed by atoms with E-state index in [1.807, 2.05) is 53.4 Å². The number of piperidine rings is 1. The minimum Gasteiger partial charge on any atom is -0.496 e. The molecule has 1 aliphatic rings. The number of carbonyl (C=O) groups excluding carboxylic acids is 1. The number of aliphatic hydroxyl groups is 1. The Bertz CT molecular complexity index is 699. The normalized spacial score (nSPS) is 17.6. The first-order valence-corrected chi connectivity index (χ1v) is 8.36. The van der Waals surface area contributed by atoms with Crippen molar-refractivity contribution >= 4 is 5.91 Å². The fourth-order valence-electron chi connectivity index (χ4n) is 3.27. The Morgan fingerprint density at radius 2 is 2.04 bits per heavy atom. The van der Waals surface area contributed by atoms with Crippen molar-refractivity contribution in [3.63, 3.8) is 0 Å². The molecule has 1 heterocycles. The van der Waals surface area contributed by atoms with Crippen molar-refractivity contribution in [1.82, 2.24) is 4.90 Å². The molecule has 2 aromatic carbocycles. The van der Waals surface area contributed by atoms with E-state index in [0.29, 0.717) is 12.1 Å². The average molecular weight is 325 g/mol. The Morgan fingerprint density at radius 3 is 2.75 bits per heavy atom. The van der Waals surface area contributed by atoms with Crippen LogP contribution in [0.4, 0.5) is 0 Å². The topological polar surface area (TPSA) is 49.8 Å². The number of amides is 1. The molecule has 0 bridgehead atoms. The highest BCUT2D eigenvalue weighted by molar-refractivity contribution is 5.96. The van der Waals surface area contributed by atoms with Gasteiger partial charge >= 0.3 is 0 Å². The maximum Gasteiger partial charge on any atom is 0.253 e. The number of benzene rings is 2. The van der Waals surface area contributed by atoms with Crippen molar-refractivity contribution in [2.45, 2.75) is 12.8 Å². The van der Waals surface area contributed by atoms with Gasteiger partial charge in [-0.15, -0.1) is 0 Å². The van der Waals surface area contributed by atoms with Crippen LogP contribution < -0.4 is 4.74 Å². The van der Waals surface area contributed by atoms with E-state index in [0.717, 1.165) is 36.3 Å². The smallest absolute Gasteiger partial charge is 0.253 e. The summed E-state index contributed by atoms with van der Waals surface area (Å²) in [5.74, 6) is 0.965. The highest BCUT2D eigenvalue weighted by Gasteiger charge is 2.24. The van der Waals surface area contributed by atoms with Crippen LogP contribution in [0.25, 0.3) is 11.1 Å². The summed E-state index contributed by atoms with van der Waals surface area (Å²) in [6.07, 6.45) is 1.93. The van der Waals surface area contributed by atoms with Gasteiger partial charge in [-0.25, -0.2) is 0 Å². The van der Waals surface area contributed by atoms with Gasteiger partial charge in [0.05, 0.1) is 7.11 Å². The lowest BCUT2D eigenvalue weighted by Crippen LogP contribution is -2.40. The zero-order valence-electron chi connectivity index (χ0n) is 13.9. The molecule has 3 rings (SSSR count). The van der Waals surface area contributed by atoms with Gasteiger partial charge in [-0.3, -0.25) is 4.79 Å². The van der Waals surface area contributed by atoms with E-state index in [1.165, 1.54) is 0 Å². The first kappa shape index (κ1) is 16.5. The Labute approximate surface area is 142 Å². The van der Waals surface area contributed by atoms with Crippen LogP contribution in [0.15, 0.2) is 48.5 Å². The monoisotopic (exact) mass is 325 g/mol. The van der Waals surface area contributed by atoms with Crippen molar-refractivity contribution in [2.75, 3.05) is 26.8 Å². The summed E-state index contributed by atoms with van der Waals surface area (Å²) in [5, 5.41) is 9.37. The third kappa shape index (κ3) is 3.44. The molecular weight excluding hydrogens is 302 g/mol. The van der Waals surface area contributed by atoms with Crippen LogP contribution in [0.1, 0.15) is 23.2 Å². The van der Waals surface area contributed by atoms with Crippen molar-refractivity contribution in [3.8, 4) is 16.9 Å². The highest BCUT2D eigenvalue weighted by atomic mass is 16.5. The molecule has 24 heavy (non-hydrogen) atoms. The Kier molecular flexibility index (Phi) is 5.16. The highest BCUT2D eigenvalue weighted by Crippen LogP contribution is 2.31. The number of hydrogen-bond donors (Lipinski definition) is 1. The van der Waals surface area contributed by atoms with Crippen LogP contribution in [0, 0.1) is 5.92 Å². The molecule has 0 saturated carbocycles. The van der Waals surface area contributed by atoms with E-state index in [2.05, 4.69) is 0 Å². The van der Waals surface area contributed by atoms with E-state index < -0.39 is 0 Å². The van der Waals surface area contributed by atoms with Crippen LogP contribution >= 0.6 is 0 Å². The minimum atomic E-state index is 0.0213. The maximum atomic E-state index is 12.8. The van der Waals surface area contributed by atoms with Crippen LogP contribution in [0.2, 0.25) is 0 Å². The van der Waals surface area contributed by atoms with Gasteiger partial charge in [-0.2, -0.15) is 0 Å². The summed E-state index contributed by atoms with van der Waals surface area (Å²) in [6, 6.07) is 15.5. The molecule has 2 aromatic rings. The number of aliphatic hydroxyl groups excluding tert-OH is 1. The van der Waals surface area contributed by atoms with Gasteiger partial charge in [0.2, 0.25) is 0 Å². The van der Waals surface area contributed by atoms with Crippen molar-refractivity contribution in [1.29, 1.82) is 0 Å². The molecule has 1 N–H and O–H groups in total. The quantitative estimate of drug-likeness (QED) is 0.939.